The number of nitrogens with zero attached hydrogens (tertiary/aromatic N) is 2. The molecular weight excluding hydrogens is 514 g/mol. The van der Waals surface area contributed by atoms with E-state index in [1.165, 1.54) is 24.1 Å². The van der Waals surface area contributed by atoms with E-state index in [4.69, 9.17) is 4.74 Å². The van der Waals surface area contributed by atoms with E-state index in [1.54, 1.807) is 42.5 Å². The van der Waals surface area contributed by atoms with Crippen LogP contribution >= 0.6 is 0 Å². The van der Waals surface area contributed by atoms with E-state index in [1.807, 2.05) is 45.0 Å². The molecule has 1 N–H and O–H groups in total. The molecule has 0 unspecified atom stereocenters. The van der Waals surface area contributed by atoms with E-state index in [0.717, 1.165) is 21.9 Å². The lowest BCUT2D eigenvalue weighted by atomic mass is 10.1. The molecule has 0 spiro atoms. The van der Waals surface area contributed by atoms with Crippen LogP contribution in [0.25, 0.3) is 0 Å². The number of methoxy groups -OCH3 is 1. The first kappa shape index (κ1) is 29.7. The molecule has 1 atom stereocenters. The summed E-state index contributed by atoms with van der Waals surface area (Å²) in [6.07, 6.45) is 1.12. The summed E-state index contributed by atoms with van der Waals surface area (Å²) in [5.74, 6) is -0.460. The Kier molecular flexibility index (Phi) is 10.5. The summed E-state index contributed by atoms with van der Waals surface area (Å²) in [6.45, 7) is 5.88. The maximum atomic E-state index is 14.1. The highest BCUT2D eigenvalue weighted by Gasteiger charge is 2.34. The third kappa shape index (κ3) is 7.38. The van der Waals surface area contributed by atoms with Crippen molar-refractivity contribution in [3.8, 4) is 5.75 Å². The number of amides is 2. The zero-order valence-electron chi connectivity index (χ0n) is 23.0. The van der Waals surface area contributed by atoms with Gasteiger partial charge in [-0.25, -0.2) is 8.42 Å². The number of para-hydroxylation sites is 2. The number of rotatable bonds is 13. The fourth-order valence-electron chi connectivity index (χ4n) is 4.36. The molecule has 3 aromatic rings. The Labute approximate surface area is 231 Å². The Bertz CT molecular complexity index is 1360. The monoisotopic (exact) mass is 551 g/mol. The molecule has 9 heteroatoms. The SMILES string of the molecule is CCCNC(=O)[C@H](CC)N(Cc1cccc(C)c1)C(=O)CN(c1ccccc1OC)S(=O)(=O)c1ccccc1. The minimum atomic E-state index is -4.16. The van der Waals surface area contributed by atoms with Crippen molar-refractivity contribution in [3.63, 3.8) is 0 Å². The molecule has 208 valence electrons. The van der Waals surface area contributed by atoms with Crippen molar-refractivity contribution >= 4 is 27.5 Å². The molecule has 0 heterocycles. The van der Waals surface area contributed by atoms with Gasteiger partial charge < -0.3 is 15.0 Å². The van der Waals surface area contributed by atoms with E-state index in [0.29, 0.717) is 18.7 Å². The second-order valence-electron chi connectivity index (χ2n) is 9.22. The Morgan fingerprint density at radius 3 is 2.28 bits per heavy atom. The van der Waals surface area contributed by atoms with Crippen molar-refractivity contribution in [2.45, 2.75) is 51.1 Å². The van der Waals surface area contributed by atoms with E-state index in [2.05, 4.69) is 5.32 Å². The number of ether oxygens (including phenoxy) is 1. The van der Waals surface area contributed by atoms with Crippen molar-refractivity contribution in [3.05, 3.63) is 90.0 Å². The normalized spacial score (nSPS) is 11.9. The lowest BCUT2D eigenvalue weighted by Gasteiger charge is -2.33. The quantitative estimate of drug-likeness (QED) is 0.337. The number of hydrogen-bond donors (Lipinski definition) is 1. The highest BCUT2D eigenvalue weighted by Crippen LogP contribution is 2.32. The van der Waals surface area contributed by atoms with E-state index in [-0.39, 0.29) is 23.0 Å². The number of carbonyl (C=O) groups is 2. The fourth-order valence-corrected chi connectivity index (χ4v) is 5.81. The third-order valence-electron chi connectivity index (χ3n) is 6.33. The maximum absolute atomic E-state index is 14.1. The third-order valence-corrected chi connectivity index (χ3v) is 8.11. The van der Waals surface area contributed by atoms with Gasteiger partial charge in [-0.2, -0.15) is 0 Å². The summed E-state index contributed by atoms with van der Waals surface area (Å²) in [5, 5.41) is 2.89. The molecule has 0 saturated heterocycles. The van der Waals surface area contributed by atoms with Gasteiger partial charge in [-0.15, -0.1) is 0 Å². The molecule has 3 aromatic carbocycles. The average molecular weight is 552 g/mol. The van der Waals surface area contributed by atoms with E-state index < -0.39 is 28.5 Å². The predicted octanol–water partition coefficient (Wildman–Crippen LogP) is 4.53. The molecule has 0 aliphatic heterocycles. The van der Waals surface area contributed by atoms with E-state index >= 15 is 0 Å². The van der Waals surface area contributed by atoms with Crippen LogP contribution in [0.4, 0.5) is 5.69 Å². The van der Waals surface area contributed by atoms with E-state index in [9.17, 15) is 18.0 Å². The van der Waals surface area contributed by atoms with Gasteiger partial charge in [0.05, 0.1) is 17.7 Å². The zero-order chi connectivity index (χ0) is 28.4. The molecule has 0 radical (unpaired) electrons. The Morgan fingerprint density at radius 1 is 0.949 bits per heavy atom. The molecule has 0 aliphatic rings. The summed E-state index contributed by atoms with van der Waals surface area (Å²) in [7, 11) is -2.71. The van der Waals surface area contributed by atoms with Gasteiger partial charge in [0, 0.05) is 13.1 Å². The van der Waals surface area contributed by atoms with Crippen molar-refractivity contribution in [2.75, 3.05) is 24.5 Å². The Hall–Kier alpha value is -3.85. The topological polar surface area (TPSA) is 96.0 Å². The van der Waals surface area contributed by atoms with Crippen LogP contribution in [0.1, 0.15) is 37.8 Å². The van der Waals surface area contributed by atoms with Gasteiger partial charge in [0.2, 0.25) is 11.8 Å². The maximum Gasteiger partial charge on any atom is 0.264 e. The number of aryl methyl sites for hydroxylation is 1. The number of benzene rings is 3. The lowest BCUT2D eigenvalue weighted by Crippen LogP contribution is -2.52. The van der Waals surface area contributed by atoms with Gasteiger partial charge in [-0.05, 0) is 49.6 Å². The standard InChI is InChI=1S/C30H37N3O5S/c1-5-19-31-30(35)26(6-2)32(21-24-14-12-13-23(3)20-24)29(34)22-33(27-17-10-11-18-28(27)38-4)39(36,37)25-15-8-7-9-16-25/h7-18,20,26H,5-6,19,21-22H2,1-4H3,(H,31,35)/t26-/m0/s1. The van der Waals surface area contributed by atoms with Crippen LogP contribution in [0.5, 0.6) is 5.75 Å². The Balaban J connectivity index is 2.08. The second kappa shape index (κ2) is 13.8. The van der Waals surface area contributed by atoms with Crippen LogP contribution in [-0.4, -0.2) is 51.4 Å². The molecule has 8 nitrogen and oxygen atoms in total. The summed E-state index contributed by atoms with van der Waals surface area (Å²) in [6, 6.07) is 21.5. The van der Waals surface area contributed by atoms with Crippen LogP contribution < -0.4 is 14.4 Å². The Morgan fingerprint density at radius 2 is 1.64 bits per heavy atom. The first-order valence-electron chi connectivity index (χ1n) is 13.1. The van der Waals surface area contributed by atoms with Crippen LogP contribution in [0.15, 0.2) is 83.8 Å². The number of hydrogen-bond acceptors (Lipinski definition) is 5. The number of anilines is 1. The van der Waals surface area contributed by atoms with Crippen LogP contribution in [0, 0.1) is 6.92 Å². The summed E-state index contributed by atoms with van der Waals surface area (Å²) < 4.78 is 34.3. The van der Waals surface area contributed by atoms with Gasteiger partial charge in [0.15, 0.2) is 0 Å². The molecule has 3 rings (SSSR count). The van der Waals surface area contributed by atoms with Crippen molar-refractivity contribution in [2.24, 2.45) is 0 Å². The molecule has 0 fully saturated rings. The van der Waals surface area contributed by atoms with Gasteiger partial charge >= 0.3 is 0 Å². The first-order valence-corrected chi connectivity index (χ1v) is 14.5. The molecule has 2 amide bonds. The van der Waals surface area contributed by atoms with Crippen LogP contribution in [0.3, 0.4) is 0 Å². The molecule has 0 saturated carbocycles. The summed E-state index contributed by atoms with van der Waals surface area (Å²) >= 11 is 0. The average Bonchev–Trinajstić information content (AvgIpc) is 2.95. The predicted molar refractivity (Wildman–Crippen MR) is 153 cm³/mol. The largest absolute Gasteiger partial charge is 0.495 e. The fraction of sp³-hybridized carbons (Fsp3) is 0.333. The van der Waals surface area contributed by atoms with Gasteiger partial charge in [0.25, 0.3) is 10.0 Å². The lowest BCUT2D eigenvalue weighted by molar-refractivity contribution is -0.140. The number of nitrogens with one attached hydrogen (secondary N) is 1. The summed E-state index contributed by atoms with van der Waals surface area (Å²) in [5.41, 5.74) is 2.10. The minimum Gasteiger partial charge on any atom is -0.495 e. The number of carbonyl (C=O) groups excluding carboxylic acids is 2. The van der Waals surface area contributed by atoms with Crippen molar-refractivity contribution in [1.82, 2.24) is 10.2 Å². The van der Waals surface area contributed by atoms with Crippen LogP contribution in [0.2, 0.25) is 0 Å². The molecule has 39 heavy (non-hydrogen) atoms. The van der Waals surface area contributed by atoms with Gasteiger partial charge in [-0.1, -0.05) is 74.0 Å². The molecule has 0 aliphatic carbocycles. The first-order chi connectivity index (χ1) is 18.7. The molecular formula is C30H37N3O5S. The minimum absolute atomic E-state index is 0.0432. The highest BCUT2D eigenvalue weighted by atomic mass is 32.2. The summed E-state index contributed by atoms with van der Waals surface area (Å²) in [4.78, 5) is 28.7. The number of sulfonamides is 1. The molecule has 0 aromatic heterocycles. The highest BCUT2D eigenvalue weighted by molar-refractivity contribution is 7.92. The van der Waals surface area contributed by atoms with Crippen LogP contribution in [-0.2, 0) is 26.2 Å². The molecule has 0 bridgehead atoms. The van der Waals surface area contributed by atoms with Gasteiger partial charge in [0.1, 0.15) is 18.3 Å². The van der Waals surface area contributed by atoms with Crippen molar-refractivity contribution < 1.29 is 22.7 Å². The smallest absolute Gasteiger partial charge is 0.264 e. The zero-order valence-corrected chi connectivity index (χ0v) is 23.8. The second-order valence-corrected chi connectivity index (χ2v) is 11.1. The van der Waals surface area contributed by atoms with Gasteiger partial charge in [-0.3, -0.25) is 13.9 Å². The van der Waals surface area contributed by atoms with Crippen molar-refractivity contribution in [1.29, 1.82) is 0 Å².